The number of nitrogens with zero attached hydrogens (tertiary/aromatic N) is 1. The van der Waals surface area contributed by atoms with Crippen LogP contribution in [0.1, 0.15) is 37.0 Å². The molecule has 0 heterocycles. The molecular formula is C19H21N3O4. The zero-order valence-electron chi connectivity index (χ0n) is 14.7. The summed E-state index contributed by atoms with van der Waals surface area (Å²) in [5.74, 6) is -0.459. The highest BCUT2D eigenvalue weighted by Crippen LogP contribution is 2.19. The normalized spacial score (nSPS) is 10.4. The van der Waals surface area contributed by atoms with Gasteiger partial charge in [-0.2, -0.15) is 0 Å². The Hall–Kier alpha value is -3.22. The van der Waals surface area contributed by atoms with E-state index in [0.717, 1.165) is 12.8 Å². The number of nitro benzene ring substituents is 1. The molecule has 0 aliphatic carbocycles. The van der Waals surface area contributed by atoms with Crippen molar-refractivity contribution >= 4 is 28.9 Å². The van der Waals surface area contributed by atoms with Crippen molar-refractivity contribution in [3.8, 4) is 0 Å². The first-order chi connectivity index (χ1) is 12.4. The van der Waals surface area contributed by atoms with Gasteiger partial charge in [0.1, 0.15) is 0 Å². The average molecular weight is 355 g/mol. The molecule has 0 atom stereocenters. The maximum atomic E-state index is 12.3. The Kier molecular flexibility index (Phi) is 6.43. The molecule has 0 saturated carbocycles. The molecule has 26 heavy (non-hydrogen) atoms. The highest BCUT2D eigenvalue weighted by molar-refractivity contribution is 6.04. The van der Waals surface area contributed by atoms with E-state index in [2.05, 4.69) is 10.6 Å². The summed E-state index contributed by atoms with van der Waals surface area (Å²) in [5, 5.41) is 16.2. The number of nitro groups is 1. The maximum Gasteiger partial charge on any atom is 0.271 e. The van der Waals surface area contributed by atoms with Crippen LogP contribution in [0.3, 0.4) is 0 Å². The van der Waals surface area contributed by atoms with Gasteiger partial charge in [-0.25, -0.2) is 0 Å². The summed E-state index contributed by atoms with van der Waals surface area (Å²) in [5.41, 5.74) is 1.25. The van der Waals surface area contributed by atoms with E-state index in [9.17, 15) is 19.7 Å². The van der Waals surface area contributed by atoms with Crippen molar-refractivity contribution in [2.75, 3.05) is 10.6 Å². The minimum absolute atomic E-state index is 0.0353. The van der Waals surface area contributed by atoms with Crippen molar-refractivity contribution in [2.24, 2.45) is 5.92 Å². The van der Waals surface area contributed by atoms with Crippen molar-refractivity contribution in [1.82, 2.24) is 0 Å². The number of amides is 2. The van der Waals surface area contributed by atoms with Crippen LogP contribution in [0, 0.1) is 16.0 Å². The van der Waals surface area contributed by atoms with E-state index >= 15 is 0 Å². The minimum Gasteiger partial charge on any atom is -0.326 e. The number of carbonyl (C=O) groups excluding carboxylic acids is 2. The van der Waals surface area contributed by atoms with Crippen LogP contribution >= 0.6 is 0 Å². The molecule has 0 unspecified atom stereocenters. The first-order valence-electron chi connectivity index (χ1n) is 8.41. The van der Waals surface area contributed by atoms with Crippen LogP contribution in [0.5, 0.6) is 0 Å². The molecule has 0 fully saturated rings. The van der Waals surface area contributed by atoms with E-state index in [1.165, 1.54) is 18.2 Å². The molecule has 0 aromatic heterocycles. The molecule has 2 aromatic rings. The molecule has 2 amide bonds. The monoisotopic (exact) mass is 355 g/mol. The standard InChI is InChI=1S/C19H21N3O4/c1-3-13(4-2)18(23)20-15-10-8-14(9-11-15)19(24)21-16-6-5-7-17(12-16)22(25)26/h5-13H,3-4H2,1-2H3,(H,20,23)(H,21,24). The fraction of sp³-hybridized carbons (Fsp3) is 0.263. The van der Waals surface area contributed by atoms with Crippen LogP contribution in [0.15, 0.2) is 48.5 Å². The molecular weight excluding hydrogens is 334 g/mol. The molecule has 0 aliphatic rings. The third-order valence-electron chi connectivity index (χ3n) is 4.09. The Morgan fingerprint density at radius 3 is 2.23 bits per heavy atom. The molecule has 0 spiro atoms. The van der Waals surface area contributed by atoms with Crippen molar-refractivity contribution in [3.05, 3.63) is 64.2 Å². The van der Waals surface area contributed by atoms with Crippen molar-refractivity contribution in [2.45, 2.75) is 26.7 Å². The Bertz CT molecular complexity index is 799. The molecule has 2 aromatic carbocycles. The number of nitrogens with one attached hydrogen (secondary N) is 2. The lowest BCUT2D eigenvalue weighted by Crippen LogP contribution is -2.21. The summed E-state index contributed by atoms with van der Waals surface area (Å²) in [4.78, 5) is 34.6. The summed E-state index contributed by atoms with van der Waals surface area (Å²) >= 11 is 0. The summed E-state index contributed by atoms with van der Waals surface area (Å²) < 4.78 is 0. The Morgan fingerprint density at radius 2 is 1.65 bits per heavy atom. The topological polar surface area (TPSA) is 101 Å². The van der Waals surface area contributed by atoms with Gasteiger partial charge in [-0.1, -0.05) is 19.9 Å². The summed E-state index contributed by atoms with van der Waals surface area (Å²) in [6.45, 7) is 3.93. The van der Waals surface area contributed by atoms with Gasteiger partial charge in [-0.05, 0) is 43.2 Å². The van der Waals surface area contributed by atoms with Gasteiger partial charge in [0, 0.05) is 35.0 Å². The van der Waals surface area contributed by atoms with Crippen molar-refractivity contribution in [1.29, 1.82) is 0 Å². The smallest absolute Gasteiger partial charge is 0.271 e. The number of hydrogen-bond donors (Lipinski definition) is 2. The molecule has 0 aliphatic heterocycles. The number of rotatable bonds is 7. The lowest BCUT2D eigenvalue weighted by atomic mass is 10.0. The van der Waals surface area contributed by atoms with Gasteiger partial charge < -0.3 is 10.6 Å². The first kappa shape index (κ1) is 19.1. The molecule has 0 saturated heterocycles. The maximum absolute atomic E-state index is 12.3. The summed E-state index contributed by atoms with van der Waals surface area (Å²) in [6.07, 6.45) is 1.54. The first-order valence-corrected chi connectivity index (χ1v) is 8.41. The fourth-order valence-electron chi connectivity index (χ4n) is 2.51. The Balaban J connectivity index is 2.03. The summed E-state index contributed by atoms with van der Waals surface area (Å²) in [7, 11) is 0. The number of hydrogen-bond acceptors (Lipinski definition) is 4. The van der Waals surface area contributed by atoms with E-state index in [1.54, 1.807) is 30.3 Å². The zero-order valence-corrected chi connectivity index (χ0v) is 14.7. The highest BCUT2D eigenvalue weighted by atomic mass is 16.6. The van der Waals surface area contributed by atoms with Gasteiger partial charge in [0.15, 0.2) is 0 Å². The van der Waals surface area contributed by atoms with Crippen molar-refractivity contribution in [3.63, 3.8) is 0 Å². The second kappa shape index (κ2) is 8.75. The predicted molar refractivity (Wildman–Crippen MR) is 100 cm³/mol. The van der Waals surface area contributed by atoms with Gasteiger partial charge in [0.2, 0.25) is 5.91 Å². The van der Waals surface area contributed by atoms with Crippen LogP contribution in [0.25, 0.3) is 0 Å². The lowest BCUT2D eigenvalue weighted by molar-refractivity contribution is -0.384. The van der Waals surface area contributed by atoms with Gasteiger partial charge in [0.25, 0.3) is 11.6 Å². The SMILES string of the molecule is CCC(CC)C(=O)Nc1ccc(C(=O)Nc2cccc([N+](=O)[O-])c2)cc1. The second-order valence-corrected chi connectivity index (χ2v) is 5.84. The van der Waals surface area contributed by atoms with Crippen LogP contribution in [-0.4, -0.2) is 16.7 Å². The predicted octanol–water partition coefficient (Wildman–Crippen LogP) is 4.22. The molecule has 2 N–H and O–H groups in total. The molecule has 0 radical (unpaired) electrons. The number of carbonyl (C=O) groups is 2. The van der Waals surface area contributed by atoms with Crippen LogP contribution in [0.4, 0.5) is 17.1 Å². The zero-order chi connectivity index (χ0) is 19.1. The third-order valence-corrected chi connectivity index (χ3v) is 4.09. The van der Waals surface area contributed by atoms with Gasteiger partial charge >= 0.3 is 0 Å². The van der Waals surface area contributed by atoms with E-state index in [1.807, 2.05) is 13.8 Å². The largest absolute Gasteiger partial charge is 0.326 e. The number of anilines is 2. The molecule has 2 rings (SSSR count). The summed E-state index contributed by atoms with van der Waals surface area (Å²) in [6, 6.07) is 12.2. The molecule has 7 nitrogen and oxygen atoms in total. The molecule has 136 valence electrons. The lowest BCUT2D eigenvalue weighted by Gasteiger charge is -2.13. The quantitative estimate of drug-likeness (QED) is 0.573. The Labute approximate surface area is 151 Å². The van der Waals surface area contributed by atoms with E-state index in [4.69, 9.17) is 0 Å². The van der Waals surface area contributed by atoms with E-state index in [0.29, 0.717) is 16.9 Å². The van der Waals surface area contributed by atoms with Gasteiger partial charge in [0.05, 0.1) is 4.92 Å². The van der Waals surface area contributed by atoms with E-state index in [-0.39, 0.29) is 23.4 Å². The van der Waals surface area contributed by atoms with Gasteiger partial charge in [-0.15, -0.1) is 0 Å². The minimum atomic E-state index is -0.521. The second-order valence-electron chi connectivity index (χ2n) is 5.84. The van der Waals surface area contributed by atoms with Crippen molar-refractivity contribution < 1.29 is 14.5 Å². The third kappa shape index (κ3) is 4.89. The van der Waals surface area contributed by atoms with Crippen LogP contribution in [0.2, 0.25) is 0 Å². The molecule has 7 heteroatoms. The van der Waals surface area contributed by atoms with Crippen LogP contribution in [-0.2, 0) is 4.79 Å². The number of non-ortho nitro benzene ring substituents is 1. The average Bonchev–Trinajstić information content (AvgIpc) is 2.63. The Morgan fingerprint density at radius 1 is 1.00 bits per heavy atom. The highest BCUT2D eigenvalue weighted by Gasteiger charge is 2.14. The molecule has 0 bridgehead atoms. The number of benzene rings is 2. The fourth-order valence-corrected chi connectivity index (χ4v) is 2.51. The van der Waals surface area contributed by atoms with Gasteiger partial charge in [-0.3, -0.25) is 19.7 Å². The van der Waals surface area contributed by atoms with E-state index < -0.39 is 4.92 Å². The van der Waals surface area contributed by atoms with Crippen LogP contribution < -0.4 is 10.6 Å².